The summed E-state index contributed by atoms with van der Waals surface area (Å²) < 4.78 is 0. The normalized spacial score (nSPS) is 13.5. The van der Waals surface area contributed by atoms with E-state index in [0.717, 1.165) is 18.5 Å². The summed E-state index contributed by atoms with van der Waals surface area (Å²) in [6.07, 6.45) is 2.25. The average molecular weight is 215 g/mol. The first-order chi connectivity index (χ1) is 7.24. The van der Waals surface area contributed by atoms with Crippen molar-refractivity contribution in [1.29, 1.82) is 0 Å². The van der Waals surface area contributed by atoms with Gasteiger partial charge in [-0.25, -0.2) is 0 Å². The Labute approximate surface area is 93.8 Å². The van der Waals surface area contributed by atoms with Crippen LogP contribution in [0, 0.1) is 13.8 Å². The first kappa shape index (κ1) is 9.10. The van der Waals surface area contributed by atoms with Crippen LogP contribution < -0.4 is 0 Å². The molecule has 2 aromatic rings. The van der Waals surface area contributed by atoms with Crippen LogP contribution in [0.4, 0.5) is 0 Å². The van der Waals surface area contributed by atoms with Crippen molar-refractivity contribution in [3.8, 4) is 10.4 Å². The van der Waals surface area contributed by atoms with E-state index in [9.17, 15) is 0 Å². The van der Waals surface area contributed by atoms with Crippen LogP contribution in [0.2, 0.25) is 0 Å². The lowest BCUT2D eigenvalue weighted by atomic mass is 9.95. The van der Waals surface area contributed by atoms with Gasteiger partial charge in [0.05, 0.1) is 0 Å². The number of aromatic nitrogens is 1. The van der Waals surface area contributed by atoms with Crippen molar-refractivity contribution >= 4 is 11.3 Å². The Hall–Kier alpha value is -1.15. The summed E-state index contributed by atoms with van der Waals surface area (Å²) in [6, 6.07) is 6.66. The van der Waals surface area contributed by atoms with Crippen molar-refractivity contribution in [2.75, 3.05) is 0 Å². The van der Waals surface area contributed by atoms with Gasteiger partial charge < -0.3 is 0 Å². The smallest absolute Gasteiger partial charge is 0.0496 e. The van der Waals surface area contributed by atoms with E-state index in [0.29, 0.717) is 0 Å². The Morgan fingerprint density at radius 3 is 2.93 bits per heavy atom. The van der Waals surface area contributed by atoms with Crippen LogP contribution in [-0.2, 0) is 12.8 Å². The van der Waals surface area contributed by atoms with Gasteiger partial charge in [-0.05, 0) is 50.5 Å². The monoisotopic (exact) mass is 215 g/mol. The fourth-order valence-electron chi connectivity index (χ4n) is 2.24. The molecule has 1 aliphatic rings. The Morgan fingerprint density at radius 2 is 2.07 bits per heavy atom. The van der Waals surface area contributed by atoms with Gasteiger partial charge in [-0.1, -0.05) is 0 Å². The van der Waals surface area contributed by atoms with Crippen LogP contribution in [0.5, 0.6) is 0 Å². The molecule has 0 saturated heterocycles. The van der Waals surface area contributed by atoms with Crippen molar-refractivity contribution in [2.45, 2.75) is 26.7 Å². The lowest BCUT2D eigenvalue weighted by Crippen LogP contribution is -2.04. The van der Waals surface area contributed by atoms with Gasteiger partial charge in [0.15, 0.2) is 0 Å². The van der Waals surface area contributed by atoms with E-state index < -0.39 is 0 Å². The molecule has 0 atom stereocenters. The highest BCUT2D eigenvalue weighted by Crippen LogP contribution is 2.38. The molecule has 15 heavy (non-hydrogen) atoms. The molecule has 0 bridgehead atoms. The molecule has 0 amide bonds. The molecule has 1 aliphatic carbocycles. The Morgan fingerprint density at radius 1 is 1.20 bits per heavy atom. The molecule has 0 aliphatic heterocycles. The van der Waals surface area contributed by atoms with Crippen LogP contribution >= 0.6 is 11.3 Å². The molecular formula is C13H13NS. The van der Waals surface area contributed by atoms with Crippen LogP contribution in [0.3, 0.4) is 0 Å². The van der Waals surface area contributed by atoms with E-state index in [2.05, 4.69) is 37.0 Å². The van der Waals surface area contributed by atoms with Crippen LogP contribution in [0.25, 0.3) is 10.4 Å². The van der Waals surface area contributed by atoms with Crippen LogP contribution in [0.1, 0.15) is 21.8 Å². The van der Waals surface area contributed by atoms with Gasteiger partial charge in [0, 0.05) is 26.7 Å². The van der Waals surface area contributed by atoms with E-state index in [1.807, 2.05) is 11.3 Å². The number of thiophene rings is 1. The molecule has 0 N–H and O–H groups in total. The number of rotatable bonds is 0. The zero-order chi connectivity index (χ0) is 10.4. The Kier molecular flexibility index (Phi) is 1.93. The lowest BCUT2D eigenvalue weighted by Gasteiger charge is -2.15. The molecule has 0 fully saturated rings. The molecule has 0 aromatic carbocycles. The summed E-state index contributed by atoms with van der Waals surface area (Å²) in [4.78, 5) is 7.48. The van der Waals surface area contributed by atoms with Gasteiger partial charge in [-0.3, -0.25) is 4.98 Å². The van der Waals surface area contributed by atoms with Crippen molar-refractivity contribution in [1.82, 2.24) is 4.98 Å². The molecule has 76 valence electrons. The number of pyridine rings is 1. The fourth-order valence-corrected chi connectivity index (χ4v) is 3.35. The minimum Gasteiger partial charge on any atom is -0.257 e. The number of aryl methyl sites for hydroxylation is 4. The second-order valence-electron chi connectivity index (χ2n) is 4.16. The Balaban J connectivity index is 2.25. The predicted molar refractivity (Wildman–Crippen MR) is 64.4 cm³/mol. The van der Waals surface area contributed by atoms with Crippen LogP contribution in [-0.4, -0.2) is 4.98 Å². The summed E-state index contributed by atoms with van der Waals surface area (Å²) >= 11 is 1.90. The lowest BCUT2D eigenvalue weighted by molar-refractivity contribution is 0.892. The van der Waals surface area contributed by atoms with Gasteiger partial charge >= 0.3 is 0 Å². The molecule has 0 spiro atoms. The van der Waals surface area contributed by atoms with Crippen molar-refractivity contribution < 1.29 is 0 Å². The van der Waals surface area contributed by atoms with Crippen molar-refractivity contribution in [3.63, 3.8) is 0 Å². The SMILES string of the molecule is Cc1ccc2c(n1)CCc1cc(C)sc1-2. The number of nitrogens with zero attached hydrogens (tertiary/aromatic N) is 1. The first-order valence-electron chi connectivity index (χ1n) is 5.30. The minimum absolute atomic E-state index is 1.10. The standard InChI is InChI=1S/C13H13NS/c1-8-3-5-11-12(14-8)6-4-10-7-9(2)15-13(10)11/h3,5,7H,4,6H2,1-2H3. The molecule has 1 nitrogen and oxygen atoms in total. The van der Waals surface area contributed by atoms with Gasteiger partial charge in [-0.15, -0.1) is 11.3 Å². The van der Waals surface area contributed by atoms with Gasteiger partial charge in [-0.2, -0.15) is 0 Å². The largest absolute Gasteiger partial charge is 0.257 e. The molecule has 2 heteroatoms. The maximum atomic E-state index is 4.63. The fraction of sp³-hybridized carbons (Fsp3) is 0.308. The molecule has 2 heterocycles. The second-order valence-corrected chi connectivity index (χ2v) is 5.41. The third-order valence-electron chi connectivity index (χ3n) is 2.92. The summed E-state index contributed by atoms with van der Waals surface area (Å²) in [5, 5.41) is 0. The first-order valence-corrected chi connectivity index (χ1v) is 6.12. The zero-order valence-corrected chi connectivity index (χ0v) is 9.82. The summed E-state index contributed by atoms with van der Waals surface area (Å²) in [5.41, 5.74) is 5.28. The summed E-state index contributed by atoms with van der Waals surface area (Å²) in [7, 11) is 0. The van der Waals surface area contributed by atoms with E-state index in [4.69, 9.17) is 0 Å². The van der Waals surface area contributed by atoms with E-state index in [1.54, 1.807) is 0 Å². The van der Waals surface area contributed by atoms with E-state index in [-0.39, 0.29) is 0 Å². The average Bonchev–Trinajstić information content (AvgIpc) is 2.58. The highest BCUT2D eigenvalue weighted by Gasteiger charge is 2.19. The molecule has 0 unspecified atom stereocenters. The van der Waals surface area contributed by atoms with Gasteiger partial charge in [0.25, 0.3) is 0 Å². The Bertz CT molecular complexity index is 525. The number of fused-ring (bicyclic) bond motifs is 3. The van der Waals surface area contributed by atoms with Crippen LogP contribution in [0.15, 0.2) is 18.2 Å². The predicted octanol–water partition coefficient (Wildman–Crippen LogP) is 3.53. The third-order valence-corrected chi connectivity index (χ3v) is 4.05. The molecule has 0 radical (unpaired) electrons. The van der Waals surface area contributed by atoms with E-state index >= 15 is 0 Å². The van der Waals surface area contributed by atoms with Crippen molar-refractivity contribution in [2.24, 2.45) is 0 Å². The third kappa shape index (κ3) is 1.40. The molecule has 2 aromatic heterocycles. The highest BCUT2D eigenvalue weighted by molar-refractivity contribution is 7.15. The summed E-state index contributed by atoms with van der Waals surface area (Å²) in [5.74, 6) is 0. The van der Waals surface area contributed by atoms with Gasteiger partial charge in [0.1, 0.15) is 0 Å². The second kappa shape index (κ2) is 3.17. The number of hydrogen-bond donors (Lipinski definition) is 0. The quantitative estimate of drug-likeness (QED) is 0.655. The maximum Gasteiger partial charge on any atom is 0.0496 e. The van der Waals surface area contributed by atoms with E-state index in [1.165, 1.54) is 26.6 Å². The molecular weight excluding hydrogens is 202 g/mol. The van der Waals surface area contributed by atoms with Gasteiger partial charge in [0.2, 0.25) is 0 Å². The maximum absolute atomic E-state index is 4.63. The molecule has 0 saturated carbocycles. The summed E-state index contributed by atoms with van der Waals surface area (Å²) in [6.45, 7) is 4.25. The highest BCUT2D eigenvalue weighted by atomic mass is 32.1. The zero-order valence-electron chi connectivity index (χ0n) is 9.00. The number of hydrogen-bond acceptors (Lipinski definition) is 2. The minimum atomic E-state index is 1.10. The topological polar surface area (TPSA) is 12.9 Å². The van der Waals surface area contributed by atoms with Crippen molar-refractivity contribution in [3.05, 3.63) is 40.0 Å². The molecule has 3 rings (SSSR count).